The number of imidazole rings is 1. The van der Waals surface area contributed by atoms with Gasteiger partial charge in [0.15, 0.2) is 0 Å². The summed E-state index contributed by atoms with van der Waals surface area (Å²) in [7, 11) is -4.47. The van der Waals surface area contributed by atoms with Crippen LogP contribution in [0.25, 0.3) is 0 Å². The Morgan fingerprint density at radius 2 is 1.33 bits per heavy atom. The molecule has 0 fully saturated rings. The van der Waals surface area contributed by atoms with Crippen molar-refractivity contribution in [2.24, 2.45) is 0 Å². The van der Waals surface area contributed by atoms with Crippen LogP contribution in [-0.2, 0) is 32.8 Å². The zero-order valence-electron chi connectivity index (χ0n) is 27.9. The van der Waals surface area contributed by atoms with Crippen LogP contribution in [0.2, 0.25) is 0 Å². The van der Waals surface area contributed by atoms with Crippen LogP contribution < -0.4 is 15.2 Å². The molecule has 2 aromatic rings. The number of phenolic OH excluding ortho intramolecular Hbond substituents is 1. The van der Waals surface area contributed by atoms with Crippen molar-refractivity contribution >= 4 is 21.9 Å². The Hall–Kier alpha value is -2.92. The van der Waals surface area contributed by atoms with Gasteiger partial charge in [0, 0.05) is 12.8 Å². The normalized spacial score (nSPS) is 11.1. The first-order valence-corrected chi connectivity index (χ1v) is 18.3. The minimum Gasteiger partial charge on any atom is -0.744 e. The van der Waals surface area contributed by atoms with Gasteiger partial charge in [0.1, 0.15) is 41.4 Å². The molecule has 0 saturated heterocycles. The van der Waals surface area contributed by atoms with Crippen molar-refractivity contribution < 1.29 is 32.2 Å². The molecule has 0 aliphatic rings. The summed E-state index contributed by atoms with van der Waals surface area (Å²) in [6, 6.07) is 3.64. The van der Waals surface area contributed by atoms with E-state index in [-0.39, 0.29) is 22.5 Å². The predicted octanol–water partition coefficient (Wildman–Crippen LogP) is 5.89. The SMILES string of the molecule is CCCCCCCCCC(=O)NCCn1cc[n+](CCNC(=O)CCCCCCCCC)c1.Cc1ccc(O)cc1S(=O)(=O)[O-]. The maximum absolute atomic E-state index is 12.0. The van der Waals surface area contributed by atoms with Crippen LogP contribution in [-0.4, -0.2) is 47.5 Å². The Balaban J connectivity index is 0.000000701. The molecule has 0 spiro atoms. The molecule has 1 aromatic heterocycles. The molecule has 0 bridgehead atoms. The van der Waals surface area contributed by atoms with Gasteiger partial charge in [-0.25, -0.2) is 17.6 Å². The molecule has 10 nitrogen and oxygen atoms in total. The lowest BCUT2D eigenvalue weighted by Gasteiger charge is -2.09. The lowest BCUT2D eigenvalue weighted by Crippen LogP contribution is -2.39. The van der Waals surface area contributed by atoms with E-state index in [0.717, 1.165) is 44.8 Å². The number of carbonyl (C=O) groups is 2. The van der Waals surface area contributed by atoms with Crippen LogP contribution in [0.4, 0.5) is 0 Å². The van der Waals surface area contributed by atoms with Gasteiger partial charge in [0.05, 0.1) is 18.0 Å². The van der Waals surface area contributed by atoms with Crippen molar-refractivity contribution in [2.45, 2.75) is 141 Å². The van der Waals surface area contributed by atoms with E-state index in [2.05, 4.69) is 33.6 Å². The average Bonchev–Trinajstić information content (AvgIpc) is 3.44. The highest BCUT2D eigenvalue weighted by Crippen LogP contribution is 2.19. The van der Waals surface area contributed by atoms with E-state index in [1.54, 1.807) is 0 Å². The number of aromatic hydroxyl groups is 1. The van der Waals surface area contributed by atoms with Crippen LogP contribution in [0, 0.1) is 6.92 Å². The minimum absolute atomic E-state index is 0.160. The fourth-order valence-corrected chi connectivity index (χ4v) is 5.60. The third-order valence-corrected chi connectivity index (χ3v) is 8.56. The molecule has 0 aliphatic heterocycles. The quantitative estimate of drug-likeness (QED) is 0.0777. The minimum atomic E-state index is -4.47. The van der Waals surface area contributed by atoms with E-state index in [1.165, 1.54) is 83.3 Å². The number of amides is 2. The molecular formula is C34H58N4O6S. The van der Waals surface area contributed by atoms with Crippen LogP contribution in [0.15, 0.2) is 41.8 Å². The topological polar surface area (TPSA) is 144 Å². The van der Waals surface area contributed by atoms with Gasteiger partial charge in [-0.1, -0.05) is 97.0 Å². The van der Waals surface area contributed by atoms with Crippen molar-refractivity contribution in [1.82, 2.24) is 15.2 Å². The Morgan fingerprint density at radius 3 is 1.84 bits per heavy atom. The van der Waals surface area contributed by atoms with Crippen molar-refractivity contribution in [2.75, 3.05) is 13.1 Å². The summed E-state index contributed by atoms with van der Waals surface area (Å²) >= 11 is 0. The van der Waals surface area contributed by atoms with Crippen molar-refractivity contribution in [3.8, 4) is 5.75 Å². The van der Waals surface area contributed by atoms with Crippen LogP contribution in [0.5, 0.6) is 5.75 Å². The van der Waals surface area contributed by atoms with Crippen molar-refractivity contribution in [3.63, 3.8) is 0 Å². The van der Waals surface area contributed by atoms with E-state index >= 15 is 0 Å². The third kappa shape index (κ3) is 20.7. The lowest BCUT2D eigenvalue weighted by molar-refractivity contribution is -0.694. The van der Waals surface area contributed by atoms with Crippen LogP contribution >= 0.6 is 0 Å². The Kier molecular flexibility index (Phi) is 21.7. The maximum Gasteiger partial charge on any atom is 0.243 e. The highest BCUT2D eigenvalue weighted by atomic mass is 32.2. The molecule has 2 rings (SSSR count). The van der Waals surface area contributed by atoms with Gasteiger partial charge in [-0.15, -0.1) is 0 Å². The number of aromatic nitrogens is 2. The second-order valence-electron chi connectivity index (χ2n) is 11.7. The summed E-state index contributed by atoms with van der Waals surface area (Å²) < 4.78 is 35.8. The number of carbonyl (C=O) groups excluding carboxylic acids is 2. The molecule has 0 unspecified atom stereocenters. The first-order chi connectivity index (χ1) is 21.6. The summed E-state index contributed by atoms with van der Waals surface area (Å²) in [6.07, 6.45) is 24.6. The second kappa shape index (κ2) is 24.3. The number of hydrogen-bond donors (Lipinski definition) is 3. The molecule has 1 aromatic carbocycles. The van der Waals surface area contributed by atoms with Crippen molar-refractivity contribution in [1.29, 1.82) is 0 Å². The number of nitrogens with one attached hydrogen (secondary N) is 2. The third-order valence-electron chi connectivity index (χ3n) is 7.59. The van der Waals surface area contributed by atoms with Gasteiger partial charge < -0.3 is 20.3 Å². The van der Waals surface area contributed by atoms with Crippen molar-refractivity contribution in [3.05, 3.63) is 42.5 Å². The lowest BCUT2D eigenvalue weighted by atomic mass is 10.1. The fraction of sp³-hybridized carbons (Fsp3) is 0.676. The summed E-state index contributed by atoms with van der Waals surface area (Å²) in [5.41, 5.74) is 0.336. The first kappa shape index (κ1) is 40.1. The monoisotopic (exact) mass is 650 g/mol. The standard InChI is InChI=1S/C27H50N4O2.C7H8O4S/c1-3-5-7-9-11-13-15-17-26(32)28-19-21-30-23-24-31(25-30)22-20-29-27(33)18-16-14-12-10-8-6-4-2;1-5-2-3-6(8)4-7(5)12(9,10)11/h23-25H,3-22H2,1-2H3,(H-,28,29,32,33);2-4,8H,1H3,(H,9,10,11). The fourth-order valence-electron chi connectivity index (χ4n) is 4.87. The summed E-state index contributed by atoms with van der Waals surface area (Å²) in [5.74, 6) is 0.0922. The van der Waals surface area contributed by atoms with Gasteiger partial charge in [-0.05, 0) is 37.5 Å². The molecule has 45 heavy (non-hydrogen) atoms. The van der Waals surface area contributed by atoms with E-state index < -0.39 is 10.1 Å². The van der Waals surface area contributed by atoms with Gasteiger partial charge in [0.2, 0.25) is 18.1 Å². The Morgan fingerprint density at radius 1 is 0.822 bits per heavy atom. The van der Waals surface area contributed by atoms with Gasteiger partial charge in [0.25, 0.3) is 0 Å². The molecule has 0 atom stereocenters. The Labute approximate surface area is 271 Å². The molecule has 0 aliphatic carbocycles. The van der Waals surface area contributed by atoms with Crippen LogP contribution in [0.3, 0.4) is 0 Å². The van der Waals surface area contributed by atoms with E-state index in [4.69, 9.17) is 5.11 Å². The number of rotatable bonds is 23. The largest absolute Gasteiger partial charge is 0.744 e. The molecule has 256 valence electrons. The smallest absolute Gasteiger partial charge is 0.243 e. The molecule has 0 saturated carbocycles. The number of nitrogens with zero attached hydrogens (tertiary/aromatic N) is 2. The number of unbranched alkanes of at least 4 members (excludes halogenated alkanes) is 12. The molecule has 2 amide bonds. The zero-order valence-corrected chi connectivity index (χ0v) is 28.7. The summed E-state index contributed by atoms with van der Waals surface area (Å²) in [5, 5.41) is 14.9. The Bertz CT molecular complexity index is 1150. The molecule has 3 N–H and O–H groups in total. The summed E-state index contributed by atoms with van der Waals surface area (Å²) in [4.78, 5) is 23.6. The summed E-state index contributed by atoms with van der Waals surface area (Å²) in [6.45, 7) is 8.79. The highest BCUT2D eigenvalue weighted by Gasteiger charge is 2.08. The first-order valence-electron chi connectivity index (χ1n) is 16.9. The second-order valence-corrected chi connectivity index (χ2v) is 13.1. The maximum atomic E-state index is 12.0. The number of phenols is 1. The van der Waals surface area contributed by atoms with Gasteiger partial charge >= 0.3 is 0 Å². The van der Waals surface area contributed by atoms with E-state index in [0.29, 0.717) is 31.5 Å². The highest BCUT2D eigenvalue weighted by molar-refractivity contribution is 7.85. The molecule has 1 heterocycles. The van der Waals surface area contributed by atoms with Gasteiger partial charge in [-0.2, -0.15) is 0 Å². The number of benzene rings is 1. The molecular weight excluding hydrogens is 592 g/mol. The zero-order chi connectivity index (χ0) is 33.3. The number of hydrogen-bond acceptors (Lipinski definition) is 6. The number of aryl methyl sites for hydroxylation is 1. The van der Waals surface area contributed by atoms with Crippen LogP contribution in [0.1, 0.15) is 122 Å². The van der Waals surface area contributed by atoms with E-state index in [1.807, 2.05) is 18.7 Å². The average molecular weight is 651 g/mol. The van der Waals surface area contributed by atoms with E-state index in [9.17, 15) is 22.6 Å². The molecule has 0 radical (unpaired) electrons. The molecule has 11 heteroatoms. The predicted molar refractivity (Wildman–Crippen MR) is 177 cm³/mol. The van der Waals surface area contributed by atoms with Gasteiger partial charge in [-0.3, -0.25) is 9.59 Å².